The van der Waals surface area contributed by atoms with Crippen molar-refractivity contribution in [1.29, 1.82) is 0 Å². The Labute approximate surface area is 191 Å². The third-order valence-electron chi connectivity index (χ3n) is 4.93. The van der Waals surface area contributed by atoms with Crippen LogP contribution in [-0.2, 0) is 11.4 Å². The minimum absolute atomic E-state index is 0.0643. The monoisotopic (exact) mass is 480 g/mol. The molecule has 2 amide bonds. The van der Waals surface area contributed by atoms with Crippen LogP contribution in [0.2, 0.25) is 0 Å². The van der Waals surface area contributed by atoms with Gasteiger partial charge < -0.3 is 15.0 Å². The number of hydrogen-bond donors (Lipinski definition) is 1. The maximum atomic E-state index is 13.0. The minimum atomic E-state index is -0.278. The Morgan fingerprint density at radius 3 is 2.29 bits per heavy atom. The number of ether oxygens (including phenoxy) is 1. The standard InChI is InChI=1S/C25H25BrN2O3/c1-17-9-8-10-18(2)24(17)27-23(29)15-28(3)25(30)20-12-5-7-14-22(20)31-16-19-11-4-6-13-21(19)26/h4-14H,15-16H2,1-3H3,(H,27,29). The second-order valence-corrected chi connectivity index (χ2v) is 8.21. The number of rotatable bonds is 7. The molecule has 3 aromatic carbocycles. The largest absolute Gasteiger partial charge is 0.488 e. The van der Waals surface area contributed by atoms with Gasteiger partial charge in [0.25, 0.3) is 5.91 Å². The molecule has 0 radical (unpaired) electrons. The van der Waals surface area contributed by atoms with Gasteiger partial charge in [-0.15, -0.1) is 0 Å². The van der Waals surface area contributed by atoms with Crippen LogP contribution in [0.3, 0.4) is 0 Å². The van der Waals surface area contributed by atoms with Crippen molar-refractivity contribution in [3.8, 4) is 5.75 Å². The van der Waals surface area contributed by atoms with E-state index in [0.717, 1.165) is 26.9 Å². The molecule has 0 aliphatic heterocycles. The first kappa shape index (κ1) is 22.6. The predicted molar refractivity (Wildman–Crippen MR) is 126 cm³/mol. The van der Waals surface area contributed by atoms with E-state index in [2.05, 4.69) is 21.2 Å². The number of carbonyl (C=O) groups excluding carboxylic acids is 2. The number of nitrogens with zero attached hydrogens (tertiary/aromatic N) is 1. The van der Waals surface area contributed by atoms with Crippen LogP contribution in [0.1, 0.15) is 27.0 Å². The highest BCUT2D eigenvalue weighted by molar-refractivity contribution is 9.10. The Balaban J connectivity index is 1.68. The van der Waals surface area contributed by atoms with Gasteiger partial charge in [0.15, 0.2) is 0 Å². The zero-order valence-corrected chi connectivity index (χ0v) is 19.4. The van der Waals surface area contributed by atoms with Gasteiger partial charge in [-0.05, 0) is 43.2 Å². The molecular weight excluding hydrogens is 456 g/mol. The zero-order chi connectivity index (χ0) is 22.4. The molecule has 6 heteroatoms. The molecule has 160 valence electrons. The predicted octanol–water partition coefficient (Wildman–Crippen LogP) is 5.36. The lowest BCUT2D eigenvalue weighted by atomic mass is 10.1. The van der Waals surface area contributed by atoms with Gasteiger partial charge in [-0.1, -0.05) is 64.5 Å². The highest BCUT2D eigenvalue weighted by Crippen LogP contribution is 2.24. The summed E-state index contributed by atoms with van der Waals surface area (Å²) in [6.07, 6.45) is 0. The Morgan fingerprint density at radius 2 is 1.58 bits per heavy atom. The molecule has 0 saturated carbocycles. The summed E-state index contributed by atoms with van der Waals surface area (Å²) in [4.78, 5) is 27.0. The molecule has 0 saturated heterocycles. The molecule has 3 aromatic rings. The van der Waals surface area contributed by atoms with Crippen LogP contribution in [0.15, 0.2) is 71.2 Å². The van der Waals surface area contributed by atoms with Crippen LogP contribution in [0.5, 0.6) is 5.75 Å². The van der Waals surface area contributed by atoms with Gasteiger partial charge in [0.2, 0.25) is 5.91 Å². The summed E-state index contributed by atoms with van der Waals surface area (Å²) in [5, 5.41) is 2.91. The molecule has 0 bridgehead atoms. The van der Waals surface area contributed by atoms with Gasteiger partial charge in [0.05, 0.1) is 12.1 Å². The van der Waals surface area contributed by atoms with Crippen LogP contribution in [0, 0.1) is 13.8 Å². The Morgan fingerprint density at radius 1 is 0.935 bits per heavy atom. The number of likely N-dealkylation sites (N-methyl/N-ethyl adjacent to an activating group) is 1. The van der Waals surface area contributed by atoms with Crippen molar-refractivity contribution < 1.29 is 14.3 Å². The van der Waals surface area contributed by atoms with Gasteiger partial charge in [0.1, 0.15) is 12.4 Å². The molecule has 1 N–H and O–H groups in total. The summed E-state index contributed by atoms with van der Waals surface area (Å²) in [6, 6.07) is 20.7. The van der Waals surface area contributed by atoms with E-state index in [1.807, 2.05) is 62.4 Å². The highest BCUT2D eigenvalue weighted by atomic mass is 79.9. The van der Waals surface area contributed by atoms with Crippen LogP contribution >= 0.6 is 15.9 Å². The number of amides is 2. The molecule has 0 aliphatic carbocycles. The molecular formula is C25H25BrN2O3. The molecule has 0 aromatic heterocycles. The van der Waals surface area contributed by atoms with Crippen LogP contribution in [0.25, 0.3) is 0 Å². The summed E-state index contributed by atoms with van der Waals surface area (Å²) >= 11 is 3.51. The van der Waals surface area contributed by atoms with E-state index in [4.69, 9.17) is 4.74 Å². The van der Waals surface area contributed by atoms with Crippen molar-refractivity contribution in [2.45, 2.75) is 20.5 Å². The van der Waals surface area contributed by atoms with E-state index in [9.17, 15) is 9.59 Å². The Hall–Kier alpha value is -3.12. The van der Waals surface area contributed by atoms with Crippen molar-refractivity contribution >= 4 is 33.4 Å². The maximum Gasteiger partial charge on any atom is 0.257 e. The first-order valence-electron chi connectivity index (χ1n) is 9.93. The van der Waals surface area contributed by atoms with Gasteiger partial charge in [0, 0.05) is 22.8 Å². The zero-order valence-electron chi connectivity index (χ0n) is 17.8. The van der Waals surface area contributed by atoms with Crippen molar-refractivity contribution in [1.82, 2.24) is 4.90 Å². The lowest BCUT2D eigenvalue weighted by Crippen LogP contribution is -2.35. The second-order valence-electron chi connectivity index (χ2n) is 7.35. The fourth-order valence-electron chi connectivity index (χ4n) is 3.22. The molecule has 5 nitrogen and oxygen atoms in total. The fourth-order valence-corrected chi connectivity index (χ4v) is 3.62. The average Bonchev–Trinajstić information content (AvgIpc) is 2.75. The SMILES string of the molecule is Cc1cccc(C)c1NC(=O)CN(C)C(=O)c1ccccc1OCc1ccccc1Br. The molecule has 0 spiro atoms. The number of nitrogens with one attached hydrogen (secondary N) is 1. The minimum Gasteiger partial charge on any atom is -0.488 e. The molecule has 0 atom stereocenters. The lowest BCUT2D eigenvalue weighted by molar-refractivity contribution is -0.116. The third-order valence-corrected chi connectivity index (χ3v) is 5.71. The van der Waals surface area contributed by atoms with E-state index < -0.39 is 0 Å². The van der Waals surface area contributed by atoms with Gasteiger partial charge in [-0.25, -0.2) is 0 Å². The third kappa shape index (κ3) is 5.73. The molecule has 3 rings (SSSR count). The number of benzene rings is 3. The maximum absolute atomic E-state index is 13.0. The molecule has 0 aliphatic rings. The summed E-state index contributed by atoms with van der Waals surface area (Å²) in [5.74, 6) is -0.0514. The van der Waals surface area contributed by atoms with Gasteiger partial charge in [-0.2, -0.15) is 0 Å². The Kier molecular flexibility index (Phi) is 7.47. The first-order chi connectivity index (χ1) is 14.9. The first-order valence-corrected chi connectivity index (χ1v) is 10.7. The summed E-state index contributed by atoms with van der Waals surface area (Å²) in [5.41, 5.74) is 4.13. The van der Waals surface area contributed by atoms with E-state index in [0.29, 0.717) is 17.9 Å². The van der Waals surface area contributed by atoms with Gasteiger partial charge in [-0.3, -0.25) is 9.59 Å². The number of aryl methyl sites for hydroxylation is 2. The van der Waals surface area contributed by atoms with Crippen LogP contribution in [-0.4, -0.2) is 30.3 Å². The van der Waals surface area contributed by atoms with Crippen molar-refractivity contribution in [3.05, 3.63) is 93.5 Å². The molecule has 0 unspecified atom stereocenters. The molecule has 0 heterocycles. The van der Waals surface area contributed by atoms with E-state index in [1.54, 1.807) is 25.2 Å². The topological polar surface area (TPSA) is 58.6 Å². The number of halogens is 1. The molecule has 31 heavy (non-hydrogen) atoms. The smallest absolute Gasteiger partial charge is 0.257 e. The lowest BCUT2D eigenvalue weighted by Gasteiger charge is -2.20. The summed E-state index contributed by atoms with van der Waals surface area (Å²) in [7, 11) is 1.61. The second kappa shape index (κ2) is 10.3. The van der Waals surface area contributed by atoms with Gasteiger partial charge >= 0.3 is 0 Å². The van der Waals surface area contributed by atoms with E-state index >= 15 is 0 Å². The summed E-state index contributed by atoms with van der Waals surface area (Å²) < 4.78 is 6.87. The summed E-state index contributed by atoms with van der Waals surface area (Å²) in [6.45, 7) is 4.14. The quantitative estimate of drug-likeness (QED) is 0.495. The van der Waals surface area contributed by atoms with Crippen LogP contribution in [0.4, 0.5) is 5.69 Å². The highest BCUT2D eigenvalue weighted by Gasteiger charge is 2.19. The van der Waals surface area contributed by atoms with Crippen LogP contribution < -0.4 is 10.1 Å². The van der Waals surface area contributed by atoms with Crippen molar-refractivity contribution in [3.63, 3.8) is 0 Å². The van der Waals surface area contributed by atoms with Crippen molar-refractivity contribution in [2.24, 2.45) is 0 Å². The van der Waals surface area contributed by atoms with E-state index in [-0.39, 0.29) is 18.4 Å². The average molecular weight is 481 g/mol. The number of para-hydroxylation sites is 2. The molecule has 0 fully saturated rings. The number of hydrogen-bond acceptors (Lipinski definition) is 3. The Bertz CT molecular complexity index is 1080. The number of carbonyl (C=O) groups is 2. The van der Waals surface area contributed by atoms with E-state index in [1.165, 1.54) is 4.90 Å². The normalized spacial score (nSPS) is 10.5. The number of anilines is 1. The van der Waals surface area contributed by atoms with Crippen molar-refractivity contribution in [2.75, 3.05) is 18.9 Å². The fraction of sp³-hybridized carbons (Fsp3) is 0.200.